The van der Waals surface area contributed by atoms with Gasteiger partial charge in [0, 0.05) is 35.0 Å². The van der Waals surface area contributed by atoms with Gasteiger partial charge >= 0.3 is 0 Å². The second-order valence-electron chi connectivity index (χ2n) is 4.77. The fourth-order valence-electron chi connectivity index (χ4n) is 2.18. The Morgan fingerprint density at radius 3 is 2.67 bits per heavy atom. The quantitative estimate of drug-likeness (QED) is 0.695. The number of hydrogen-bond donors (Lipinski definition) is 1. The lowest BCUT2D eigenvalue weighted by Gasteiger charge is -2.13. The maximum absolute atomic E-state index is 10.7. The van der Waals surface area contributed by atoms with Gasteiger partial charge in [0.1, 0.15) is 17.2 Å². The van der Waals surface area contributed by atoms with Gasteiger partial charge in [0.15, 0.2) is 0 Å². The first-order chi connectivity index (χ1) is 11.6. The average Bonchev–Trinajstić information content (AvgIpc) is 2.57. The highest BCUT2D eigenvalue weighted by atomic mass is 35.5. The van der Waals surface area contributed by atoms with Crippen molar-refractivity contribution in [2.24, 2.45) is 0 Å². The molecule has 8 heteroatoms. The molecule has 0 amide bonds. The van der Waals surface area contributed by atoms with Gasteiger partial charge in [0.05, 0.1) is 23.3 Å². The zero-order chi connectivity index (χ0) is 17.1. The van der Waals surface area contributed by atoms with Crippen LogP contribution in [0, 0.1) is 0 Å². The first-order valence-corrected chi connectivity index (χ1v) is 8.28. The minimum Gasteiger partial charge on any atom is -0.755 e. The molecule has 0 saturated heterocycles. The number of halogens is 1. The standard InChI is InChI=1S/C16H13ClN2O4S/c1-22-10-2-4-12-15(9-10)18-7-6-16(12)23-11-3-5-14(13(17)8-11)19-24(20)21/h2-9,19H,1H3,(H,20,21)/p-1. The Kier molecular flexibility index (Phi) is 4.84. The van der Waals surface area contributed by atoms with Crippen molar-refractivity contribution in [3.63, 3.8) is 0 Å². The van der Waals surface area contributed by atoms with Crippen molar-refractivity contribution in [3.05, 3.63) is 53.7 Å². The van der Waals surface area contributed by atoms with Crippen molar-refractivity contribution < 1.29 is 18.2 Å². The molecule has 0 saturated carbocycles. The first kappa shape index (κ1) is 16.5. The smallest absolute Gasteiger partial charge is 0.138 e. The van der Waals surface area contributed by atoms with Crippen molar-refractivity contribution in [3.8, 4) is 17.2 Å². The molecule has 0 aliphatic carbocycles. The Labute approximate surface area is 145 Å². The van der Waals surface area contributed by atoms with Crippen molar-refractivity contribution in [2.75, 3.05) is 11.8 Å². The fraction of sp³-hybridized carbons (Fsp3) is 0.0625. The monoisotopic (exact) mass is 363 g/mol. The van der Waals surface area contributed by atoms with Crippen LogP contribution in [0.3, 0.4) is 0 Å². The Morgan fingerprint density at radius 2 is 1.96 bits per heavy atom. The number of nitrogens with one attached hydrogen (secondary N) is 1. The van der Waals surface area contributed by atoms with E-state index in [1.165, 1.54) is 12.1 Å². The molecule has 3 aromatic rings. The van der Waals surface area contributed by atoms with Crippen LogP contribution < -0.4 is 14.2 Å². The Morgan fingerprint density at radius 1 is 1.17 bits per heavy atom. The number of anilines is 1. The van der Waals surface area contributed by atoms with E-state index in [1.807, 2.05) is 18.2 Å². The molecule has 0 bridgehead atoms. The van der Waals surface area contributed by atoms with Crippen LogP contribution in [-0.4, -0.2) is 20.9 Å². The summed E-state index contributed by atoms with van der Waals surface area (Å²) in [6.45, 7) is 0. The molecule has 124 valence electrons. The van der Waals surface area contributed by atoms with E-state index in [9.17, 15) is 8.76 Å². The van der Waals surface area contributed by atoms with Crippen LogP contribution in [0.5, 0.6) is 17.2 Å². The summed E-state index contributed by atoms with van der Waals surface area (Å²) in [6.07, 6.45) is 1.63. The number of aromatic nitrogens is 1. The second-order valence-corrected chi connectivity index (χ2v) is 5.85. The van der Waals surface area contributed by atoms with E-state index in [4.69, 9.17) is 21.1 Å². The minimum atomic E-state index is -2.44. The lowest BCUT2D eigenvalue weighted by Crippen LogP contribution is -2.02. The molecule has 1 N–H and O–H groups in total. The molecule has 0 aliphatic heterocycles. The van der Waals surface area contributed by atoms with Crippen molar-refractivity contribution in [1.29, 1.82) is 0 Å². The van der Waals surface area contributed by atoms with E-state index in [0.717, 1.165) is 10.9 Å². The highest BCUT2D eigenvalue weighted by molar-refractivity contribution is 7.80. The third kappa shape index (κ3) is 3.59. The second kappa shape index (κ2) is 7.04. The van der Waals surface area contributed by atoms with Crippen LogP contribution >= 0.6 is 11.6 Å². The largest absolute Gasteiger partial charge is 0.755 e. The molecule has 1 aromatic heterocycles. The summed E-state index contributed by atoms with van der Waals surface area (Å²) >= 11 is 3.61. The van der Waals surface area contributed by atoms with Crippen LogP contribution in [0.2, 0.25) is 5.02 Å². The SMILES string of the molecule is COc1ccc2c(Oc3ccc(NS(=O)[O-])c(Cl)c3)ccnc2c1. The summed E-state index contributed by atoms with van der Waals surface area (Å²) in [5.41, 5.74) is 1.01. The fourth-order valence-corrected chi connectivity index (χ4v) is 2.81. The molecule has 0 radical (unpaired) electrons. The van der Waals surface area contributed by atoms with Crippen LogP contribution in [0.25, 0.3) is 10.9 Å². The van der Waals surface area contributed by atoms with Crippen molar-refractivity contribution in [2.45, 2.75) is 0 Å². The molecule has 0 aliphatic rings. The van der Waals surface area contributed by atoms with E-state index >= 15 is 0 Å². The number of nitrogens with zero attached hydrogens (tertiary/aromatic N) is 1. The van der Waals surface area contributed by atoms with Crippen molar-refractivity contribution in [1.82, 2.24) is 4.98 Å². The molecule has 1 unspecified atom stereocenters. The molecule has 24 heavy (non-hydrogen) atoms. The Balaban J connectivity index is 1.92. The third-order valence-corrected chi connectivity index (χ3v) is 3.97. The van der Waals surface area contributed by atoms with Gasteiger partial charge in [-0.1, -0.05) is 11.6 Å². The lowest BCUT2D eigenvalue weighted by atomic mass is 10.2. The number of benzene rings is 2. The third-order valence-electron chi connectivity index (χ3n) is 3.27. The van der Waals surface area contributed by atoms with Gasteiger partial charge in [-0.15, -0.1) is 0 Å². The normalized spacial score (nSPS) is 12.0. The maximum Gasteiger partial charge on any atom is 0.138 e. The number of hydrogen-bond acceptors (Lipinski definition) is 5. The summed E-state index contributed by atoms with van der Waals surface area (Å²) in [6, 6.07) is 11.9. The highest BCUT2D eigenvalue weighted by Gasteiger charge is 2.08. The first-order valence-electron chi connectivity index (χ1n) is 6.83. The number of fused-ring (bicyclic) bond motifs is 1. The number of rotatable bonds is 5. The summed E-state index contributed by atoms with van der Waals surface area (Å²) < 4.78 is 34.6. The minimum absolute atomic E-state index is 0.233. The summed E-state index contributed by atoms with van der Waals surface area (Å²) in [5.74, 6) is 1.79. The van der Waals surface area contributed by atoms with Crippen LogP contribution in [0.15, 0.2) is 48.7 Å². The van der Waals surface area contributed by atoms with Gasteiger partial charge in [0.2, 0.25) is 0 Å². The zero-order valence-electron chi connectivity index (χ0n) is 12.5. The van der Waals surface area contributed by atoms with E-state index in [1.54, 1.807) is 25.4 Å². The molecular weight excluding hydrogens is 352 g/mol. The van der Waals surface area contributed by atoms with Crippen molar-refractivity contribution >= 4 is 39.5 Å². The highest BCUT2D eigenvalue weighted by Crippen LogP contribution is 2.33. The summed E-state index contributed by atoms with van der Waals surface area (Å²) in [4.78, 5) is 4.29. The van der Waals surface area contributed by atoms with Crippen LogP contribution in [0.1, 0.15) is 0 Å². The van der Waals surface area contributed by atoms with Crippen LogP contribution in [0.4, 0.5) is 5.69 Å². The zero-order valence-corrected chi connectivity index (χ0v) is 14.1. The predicted molar refractivity (Wildman–Crippen MR) is 92.4 cm³/mol. The van der Waals surface area contributed by atoms with Crippen LogP contribution in [-0.2, 0) is 11.3 Å². The van der Waals surface area contributed by atoms with E-state index in [-0.39, 0.29) is 10.7 Å². The lowest BCUT2D eigenvalue weighted by molar-refractivity contribution is 0.415. The Bertz CT molecular complexity index is 920. The van der Waals surface area contributed by atoms with Gasteiger partial charge < -0.3 is 18.7 Å². The van der Waals surface area contributed by atoms with Gasteiger partial charge in [-0.3, -0.25) is 9.19 Å². The molecule has 6 nitrogen and oxygen atoms in total. The van der Waals surface area contributed by atoms with Gasteiger partial charge in [0.25, 0.3) is 0 Å². The summed E-state index contributed by atoms with van der Waals surface area (Å²) in [7, 11) is 1.59. The molecule has 0 fully saturated rings. The molecule has 1 heterocycles. The predicted octanol–water partition coefficient (Wildman–Crippen LogP) is 3.90. The maximum atomic E-state index is 10.7. The topological polar surface area (TPSA) is 83.5 Å². The number of ether oxygens (including phenoxy) is 2. The van der Waals surface area contributed by atoms with E-state index < -0.39 is 11.3 Å². The van der Waals surface area contributed by atoms with E-state index in [0.29, 0.717) is 17.2 Å². The molecule has 1 atom stereocenters. The van der Waals surface area contributed by atoms with Gasteiger partial charge in [-0.05, 0) is 30.3 Å². The molecular formula is C16H12ClN2O4S-. The van der Waals surface area contributed by atoms with E-state index in [2.05, 4.69) is 9.71 Å². The molecule has 0 spiro atoms. The number of pyridine rings is 1. The van der Waals surface area contributed by atoms with Gasteiger partial charge in [-0.25, -0.2) is 0 Å². The number of methoxy groups -OCH3 is 1. The molecule has 3 rings (SSSR count). The molecule has 2 aromatic carbocycles. The summed E-state index contributed by atoms with van der Waals surface area (Å²) in [5, 5.41) is 1.05. The average molecular weight is 364 g/mol. The van der Waals surface area contributed by atoms with Gasteiger partial charge in [-0.2, -0.15) is 0 Å². The Hall–Kier alpha value is -2.35.